The Bertz CT molecular complexity index is 858. The summed E-state index contributed by atoms with van der Waals surface area (Å²) in [4.78, 5) is 20.1. The Morgan fingerprint density at radius 3 is 1.96 bits per heavy atom. The van der Waals surface area contributed by atoms with Crippen molar-refractivity contribution in [3.05, 3.63) is 16.1 Å². The fourth-order valence-corrected chi connectivity index (χ4v) is 8.33. The van der Waals surface area contributed by atoms with Gasteiger partial charge in [0.25, 0.3) is 0 Å². The van der Waals surface area contributed by atoms with Crippen molar-refractivity contribution in [1.82, 2.24) is 4.98 Å². The van der Waals surface area contributed by atoms with E-state index >= 15 is 0 Å². The lowest BCUT2D eigenvalue weighted by Gasteiger charge is -2.21. The van der Waals surface area contributed by atoms with Gasteiger partial charge < -0.3 is 0 Å². The molecule has 8 heteroatoms. The number of hydrogen-bond donors (Lipinski definition) is 0. The summed E-state index contributed by atoms with van der Waals surface area (Å²) >= 11 is 7.33. The molecule has 4 nitrogen and oxygen atoms in total. The molecule has 4 rings (SSSR count). The van der Waals surface area contributed by atoms with Crippen molar-refractivity contribution in [2.45, 2.75) is 58.2 Å². The Labute approximate surface area is 178 Å². The van der Waals surface area contributed by atoms with Crippen LogP contribution >= 0.6 is 46.6 Å². The highest BCUT2D eigenvalue weighted by Crippen LogP contribution is 2.46. The van der Waals surface area contributed by atoms with Gasteiger partial charge in [-0.25, -0.2) is 4.98 Å². The largest absolute Gasteiger partial charge is 0.268 e. The molecule has 146 valence electrons. The smallest absolute Gasteiger partial charge is 0.121 e. The lowest BCUT2D eigenvalue weighted by molar-refractivity contribution is 0.567. The van der Waals surface area contributed by atoms with E-state index in [0.29, 0.717) is 5.92 Å². The molecule has 1 aromatic rings. The Morgan fingerprint density at radius 1 is 0.852 bits per heavy atom. The third-order valence-corrected chi connectivity index (χ3v) is 10.8. The molecular weight excluding hydrogens is 413 g/mol. The van der Waals surface area contributed by atoms with Crippen LogP contribution in [0, 0.1) is 12.8 Å². The quantitative estimate of drug-likeness (QED) is 0.642. The molecule has 0 amide bonds. The van der Waals surface area contributed by atoms with Crippen LogP contribution in [0.5, 0.6) is 0 Å². The van der Waals surface area contributed by atoms with Crippen LogP contribution in [0.4, 0.5) is 0 Å². The van der Waals surface area contributed by atoms with Gasteiger partial charge in [0.05, 0.1) is 15.1 Å². The fraction of sp³-hybridized carbons (Fsp3) is 0.684. The van der Waals surface area contributed by atoms with Gasteiger partial charge in [-0.2, -0.15) is 0 Å². The molecule has 0 saturated heterocycles. The molecule has 3 unspecified atom stereocenters. The molecule has 0 bridgehead atoms. The summed E-state index contributed by atoms with van der Waals surface area (Å²) in [6, 6.07) is 0. The Kier molecular flexibility index (Phi) is 5.10. The molecular formula is C19H26N4S4. The van der Waals surface area contributed by atoms with Crippen LogP contribution in [0.1, 0.15) is 45.3 Å². The lowest BCUT2D eigenvalue weighted by atomic mass is 10.0. The first-order chi connectivity index (χ1) is 12.6. The average molecular weight is 439 g/mol. The van der Waals surface area contributed by atoms with Crippen molar-refractivity contribution in [1.29, 1.82) is 0 Å². The number of aryl methyl sites for hydroxylation is 1. The van der Waals surface area contributed by atoms with Crippen molar-refractivity contribution in [3.8, 4) is 0 Å². The maximum Gasteiger partial charge on any atom is 0.121 e. The van der Waals surface area contributed by atoms with Crippen molar-refractivity contribution in [2.75, 3.05) is 17.3 Å². The van der Waals surface area contributed by atoms with E-state index in [4.69, 9.17) is 20.0 Å². The molecule has 0 spiro atoms. The summed E-state index contributed by atoms with van der Waals surface area (Å²) in [5.74, 6) is 3.39. The van der Waals surface area contributed by atoms with Crippen molar-refractivity contribution in [2.24, 2.45) is 20.9 Å². The summed E-state index contributed by atoms with van der Waals surface area (Å²) in [5, 5.41) is 6.82. The first-order valence-corrected chi connectivity index (χ1v) is 13.1. The minimum Gasteiger partial charge on any atom is -0.268 e. The molecule has 0 radical (unpaired) electrons. The number of nitrogens with zero attached hydrogens (tertiary/aromatic N) is 4. The molecule has 0 N–H and O–H groups in total. The van der Waals surface area contributed by atoms with Crippen LogP contribution in [0.15, 0.2) is 20.4 Å². The van der Waals surface area contributed by atoms with Crippen LogP contribution in [-0.2, 0) is 5.54 Å². The van der Waals surface area contributed by atoms with Crippen molar-refractivity contribution >= 4 is 61.8 Å². The number of thiazole rings is 1. The Hall–Kier alpha value is -0.310. The zero-order valence-electron chi connectivity index (χ0n) is 16.7. The SMILES string of the molecule is Cc1csc(C2(C)CSC(C3(C)CSC(C4(C)CSC(C(C)C)=N4)=N3)=N2)n1. The molecule has 0 aliphatic carbocycles. The zero-order chi connectivity index (χ0) is 19.4. The van der Waals surface area contributed by atoms with Gasteiger partial charge in [-0.1, -0.05) is 13.8 Å². The van der Waals surface area contributed by atoms with Crippen LogP contribution in [0.25, 0.3) is 0 Å². The number of rotatable bonds is 4. The molecule has 0 saturated carbocycles. The van der Waals surface area contributed by atoms with Gasteiger partial charge in [-0.3, -0.25) is 15.0 Å². The van der Waals surface area contributed by atoms with Gasteiger partial charge in [0.2, 0.25) is 0 Å². The third kappa shape index (κ3) is 3.55. The molecule has 3 aliphatic heterocycles. The number of hydrogen-bond acceptors (Lipinski definition) is 8. The first-order valence-electron chi connectivity index (χ1n) is 9.25. The second-order valence-electron chi connectivity index (χ2n) is 8.42. The van der Waals surface area contributed by atoms with Gasteiger partial charge in [-0.05, 0) is 27.7 Å². The minimum atomic E-state index is -0.238. The second-order valence-corrected chi connectivity index (χ2v) is 12.2. The van der Waals surface area contributed by atoms with Crippen molar-refractivity contribution < 1.29 is 0 Å². The number of aliphatic imine (C=N–C) groups is 3. The van der Waals surface area contributed by atoms with E-state index in [1.807, 2.05) is 42.2 Å². The average Bonchev–Trinajstić information content (AvgIpc) is 3.35. The van der Waals surface area contributed by atoms with E-state index in [2.05, 4.69) is 40.0 Å². The van der Waals surface area contributed by atoms with Gasteiger partial charge in [-0.15, -0.1) is 46.6 Å². The maximum absolute atomic E-state index is 5.20. The van der Waals surface area contributed by atoms with E-state index in [1.165, 1.54) is 10.1 Å². The van der Waals surface area contributed by atoms with Gasteiger partial charge in [0.1, 0.15) is 21.6 Å². The minimum absolute atomic E-state index is 0.174. The van der Waals surface area contributed by atoms with Crippen LogP contribution < -0.4 is 0 Å². The maximum atomic E-state index is 5.20. The predicted molar refractivity (Wildman–Crippen MR) is 126 cm³/mol. The summed E-state index contributed by atoms with van der Waals surface area (Å²) in [6.45, 7) is 13.2. The van der Waals surface area contributed by atoms with Crippen molar-refractivity contribution in [3.63, 3.8) is 0 Å². The molecule has 1 aromatic heterocycles. The highest BCUT2D eigenvalue weighted by Gasteiger charge is 2.48. The van der Waals surface area contributed by atoms with Gasteiger partial charge >= 0.3 is 0 Å². The summed E-state index contributed by atoms with van der Waals surface area (Å²) in [5.41, 5.74) is 0.449. The molecule has 27 heavy (non-hydrogen) atoms. The summed E-state index contributed by atoms with van der Waals surface area (Å²) in [7, 11) is 0. The molecule has 3 atom stereocenters. The number of thioether (sulfide) groups is 3. The summed E-state index contributed by atoms with van der Waals surface area (Å²) in [6.07, 6.45) is 0. The van der Waals surface area contributed by atoms with Crippen LogP contribution in [0.3, 0.4) is 0 Å². The normalized spacial score (nSPS) is 36.3. The van der Waals surface area contributed by atoms with Gasteiger partial charge in [0.15, 0.2) is 0 Å². The van der Waals surface area contributed by atoms with E-state index in [1.54, 1.807) is 11.3 Å². The van der Waals surface area contributed by atoms with E-state index in [9.17, 15) is 0 Å². The fourth-order valence-electron chi connectivity index (χ4n) is 3.29. The number of aromatic nitrogens is 1. The van der Waals surface area contributed by atoms with Crippen LogP contribution in [-0.4, -0.2) is 48.5 Å². The van der Waals surface area contributed by atoms with E-state index in [-0.39, 0.29) is 16.6 Å². The Morgan fingerprint density at radius 2 is 1.41 bits per heavy atom. The standard InChI is InChI=1S/C19H26N4S4/c1-11(2)13-21-18(5,8-25-13)15-23-19(6,10-27-15)16-22-17(4,9-26-16)14-20-12(3)7-24-14/h7,11H,8-10H2,1-6H3. The monoisotopic (exact) mass is 438 g/mol. The van der Waals surface area contributed by atoms with Gasteiger partial charge in [0, 0.05) is 34.3 Å². The third-order valence-electron chi connectivity index (χ3n) is 5.03. The predicted octanol–water partition coefficient (Wildman–Crippen LogP) is 5.28. The molecule has 4 heterocycles. The molecule has 0 aromatic carbocycles. The highest BCUT2D eigenvalue weighted by atomic mass is 32.2. The van der Waals surface area contributed by atoms with E-state index in [0.717, 1.165) is 33.0 Å². The highest BCUT2D eigenvalue weighted by molar-refractivity contribution is 8.17. The first kappa shape index (κ1) is 20.0. The van der Waals surface area contributed by atoms with Crippen LogP contribution in [0.2, 0.25) is 0 Å². The Balaban J connectivity index is 1.61. The zero-order valence-corrected chi connectivity index (χ0v) is 20.0. The molecule has 3 aliphatic rings. The summed E-state index contributed by atoms with van der Waals surface area (Å²) < 4.78 is 0. The molecule has 0 fully saturated rings. The lowest BCUT2D eigenvalue weighted by Crippen LogP contribution is -2.33. The van der Waals surface area contributed by atoms with E-state index < -0.39 is 0 Å². The second kappa shape index (κ2) is 6.89. The topological polar surface area (TPSA) is 50.0 Å².